The van der Waals surface area contributed by atoms with Gasteiger partial charge in [0.1, 0.15) is 5.69 Å². The maximum absolute atomic E-state index is 12.6. The van der Waals surface area contributed by atoms with Crippen molar-refractivity contribution < 1.29 is 4.79 Å². The molecule has 1 aliphatic rings. The largest absolute Gasteiger partial charge is 0.351 e. The van der Waals surface area contributed by atoms with Crippen LogP contribution in [0.1, 0.15) is 60.3 Å². The lowest BCUT2D eigenvalue weighted by Gasteiger charge is -2.17. The lowest BCUT2D eigenvalue weighted by atomic mass is 10.1. The molecule has 3 rings (SSSR count). The van der Waals surface area contributed by atoms with E-state index in [0.717, 1.165) is 18.5 Å². The Kier molecular flexibility index (Phi) is 5.80. The number of carbonyl (C=O) groups excluding carboxylic acids is 1. The third-order valence-electron chi connectivity index (χ3n) is 4.52. The van der Waals surface area contributed by atoms with Crippen molar-refractivity contribution in [1.29, 1.82) is 5.26 Å². The maximum Gasteiger partial charge on any atom is 0.274 e. The van der Waals surface area contributed by atoms with Gasteiger partial charge in [0.2, 0.25) is 5.95 Å². The number of hydrogen-bond acceptors (Lipinski definition) is 5. The van der Waals surface area contributed by atoms with Gasteiger partial charge in [0, 0.05) is 17.4 Å². The molecule has 1 aromatic carbocycles. The zero-order valence-corrected chi connectivity index (χ0v) is 15.0. The minimum Gasteiger partial charge on any atom is -0.351 e. The van der Waals surface area contributed by atoms with E-state index in [-0.39, 0.29) is 5.91 Å². The molecule has 6 nitrogen and oxygen atoms in total. The summed E-state index contributed by atoms with van der Waals surface area (Å²) in [6.45, 7) is 1.85. The quantitative estimate of drug-likeness (QED) is 0.813. The summed E-state index contributed by atoms with van der Waals surface area (Å²) >= 11 is 0. The van der Waals surface area contributed by atoms with Crippen LogP contribution in [0.3, 0.4) is 0 Å². The Balaban J connectivity index is 1.73. The molecule has 1 fully saturated rings. The first-order valence-electron chi connectivity index (χ1n) is 9.08. The van der Waals surface area contributed by atoms with Crippen molar-refractivity contribution in [1.82, 2.24) is 9.97 Å². The predicted octanol–water partition coefficient (Wildman–Crippen LogP) is 4.04. The molecule has 0 radical (unpaired) electrons. The number of amides is 1. The van der Waals surface area contributed by atoms with E-state index in [4.69, 9.17) is 5.26 Å². The lowest BCUT2D eigenvalue weighted by Crippen LogP contribution is -2.22. The molecule has 1 amide bonds. The van der Waals surface area contributed by atoms with Crippen LogP contribution in [0.4, 0.5) is 11.6 Å². The number of benzene rings is 1. The van der Waals surface area contributed by atoms with Crippen LogP contribution in [0.5, 0.6) is 0 Å². The van der Waals surface area contributed by atoms with Crippen LogP contribution in [0.2, 0.25) is 0 Å². The molecule has 0 unspecified atom stereocenters. The summed E-state index contributed by atoms with van der Waals surface area (Å²) in [6.07, 6.45) is 7.21. The molecule has 0 aliphatic heterocycles. The molecule has 0 atom stereocenters. The average molecular weight is 349 g/mol. The summed E-state index contributed by atoms with van der Waals surface area (Å²) in [5.74, 6) is 0.197. The fourth-order valence-corrected chi connectivity index (χ4v) is 3.22. The molecule has 0 spiro atoms. The number of anilines is 2. The second-order valence-corrected chi connectivity index (χ2v) is 6.70. The third-order valence-corrected chi connectivity index (χ3v) is 4.52. The first kappa shape index (κ1) is 17.9. The Morgan fingerprint density at radius 3 is 2.65 bits per heavy atom. The monoisotopic (exact) mass is 349 g/mol. The first-order chi connectivity index (χ1) is 12.6. The molecule has 6 heteroatoms. The SMILES string of the molecule is Cc1cc(C(=O)Nc2cccc(C#N)c2)nc(NC2CCCCCC2)n1. The molecule has 134 valence electrons. The van der Waals surface area contributed by atoms with Crippen LogP contribution in [-0.2, 0) is 0 Å². The van der Waals surface area contributed by atoms with Crippen LogP contribution in [-0.4, -0.2) is 21.9 Å². The number of aryl methyl sites for hydroxylation is 1. The van der Waals surface area contributed by atoms with Gasteiger partial charge >= 0.3 is 0 Å². The Hall–Kier alpha value is -2.94. The molecule has 2 N–H and O–H groups in total. The second kappa shape index (κ2) is 8.43. The highest BCUT2D eigenvalue weighted by Crippen LogP contribution is 2.20. The molecule has 0 bridgehead atoms. The summed E-state index contributed by atoms with van der Waals surface area (Å²) < 4.78 is 0. The highest BCUT2D eigenvalue weighted by atomic mass is 16.1. The number of nitrogens with one attached hydrogen (secondary N) is 2. The molecule has 1 saturated carbocycles. The Labute approximate surface area is 153 Å². The zero-order valence-electron chi connectivity index (χ0n) is 15.0. The Morgan fingerprint density at radius 2 is 1.92 bits per heavy atom. The summed E-state index contributed by atoms with van der Waals surface area (Å²) in [7, 11) is 0. The smallest absolute Gasteiger partial charge is 0.274 e. The molecule has 0 saturated heterocycles. The average Bonchev–Trinajstić information content (AvgIpc) is 2.90. The number of nitrogens with zero attached hydrogens (tertiary/aromatic N) is 3. The summed E-state index contributed by atoms with van der Waals surface area (Å²) in [5, 5.41) is 15.2. The lowest BCUT2D eigenvalue weighted by molar-refractivity contribution is 0.102. The van der Waals surface area contributed by atoms with Gasteiger partial charge in [-0.15, -0.1) is 0 Å². The molecule has 1 aromatic heterocycles. The fourth-order valence-electron chi connectivity index (χ4n) is 3.22. The van der Waals surface area contributed by atoms with Gasteiger partial charge in [-0.05, 0) is 44.0 Å². The van der Waals surface area contributed by atoms with E-state index in [1.807, 2.05) is 6.92 Å². The van der Waals surface area contributed by atoms with Crippen LogP contribution in [0, 0.1) is 18.3 Å². The number of nitriles is 1. The van der Waals surface area contributed by atoms with Crippen LogP contribution < -0.4 is 10.6 Å². The second-order valence-electron chi connectivity index (χ2n) is 6.70. The van der Waals surface area contributed by atoms with Crippen molar-refractivity contribution in [2.75, 3.05) is 10.6 Å². The molecule has 26 heavy (non-hydrogen) atoms. The summed E-state index contributed by atoms with van der Waals surface area (Å²) in [5.41, 5.74) is 2.13. The molecular formula is C20H23N5O. The van der Waals surface area contributed by atoms with Crippen molar-refractivity contribution in [3.63, 3.8) is 0 Å². The van der Waals surface area contributed by atoms with E-state index in [1.54, 1.807) is 30.3 Å². The van der Waals surface area contributed by atoms with Gasteiger partial charge in [0.05, 0.1) is 11.6 Å². The van der Waals surface area contributed by atoms with Gasteiger partial charge in [-0.2, -0.15) is 5.26 Å². The summed E-state index contributed by atoms with van der Waals surface area (Å²) in [6, 6.07) is 10.9. The van der Waals surface area contributed by atoms with E-state index in [1.165, 1.54) is 25.7 Å². The minimum atomic E-state index is -0.311. The van der Waals surface area contributed by atoms with E-state index in [2.05, 4.69) is 26.7 Å². The van der Waals surface area contributed by atoms with Gasteiger partial charge in [-0.25, -0.2) is 9.97 Å². The maximum atomic E-state index is 12.6. The van der Waals surface area contributed by atoms with Crippen molar-refractivity contribution in [3.8, 4) is 6.07 Å². The van der Waals surface area contributed by atoms with Gasteiger partial charge < -0.3 is 10.6 Å². The van der Waals surface area contributed by atoms with Crippen molar-refractivity contribution in [3.05, 3.63) is 47.3 Å². The number of rotatable bonds is 4. The molecule has 2 aromatic rings. The first-order valence-corrected chi connectivity index (χ1v) is 9.08. The van der Waals surface area contributed by atoms with E-state index < -0.39 is 0 Å². The van der Waals surface area contributed by atoms with Crippen LogP contribution in [0.25, 0.3) is 0 Å². The van der Waals surface area contributed by atoms with Gasteiger partial charge in [0.25, 0.3) is 5.91 Å². The number of aromatic nitrogens is 2. The van der Waals surface area contributed by atoms with Crippen LogP contribution >= 0.6 is 0 Å². The van der Waals surface area contributed by atoms with Crippen molar-refractivity contribution in [2.45, 2.75) is 51.5 Å². The number of hydrogen-bond donors (Lipinski definition) is 2. The van der Waals surface area contributed by atoms with E-state index in [9.17, 15) is 4.79 Å². The molecule has 1 heterocycles. The Morgan fingerprint density at radius 1 is 1.15 bits per heavy atom. The number of carbonyl (C=O) groups is 1. The topological polar surface area (TPSA) is 90.7 Å². The predicted molar refractivity (Wildman–Crippen MR) is 101 cm³/mol. The van der Waals surface area contributed by atoms with Gasteiger partial charge in [-0.3, -0.25) is 4.79 Å². The molecule has 1 aliphatic carbocycles. The standard InChI is InChI=1S/C20H23N5O/c1-14-11-18(19(26)23-17-10-6-7-15(12-17)13-21)25-20(22-14)24-16-8-4-2-3-5-9-16/h6-7,10-12,16H,2-5,8-9H2,1H3,(H,23,26)(H,22,24,25). The highest BCUT2D eigenvalue weighted by Gasteiger charge is 2.16. The van der Waals surface area contributed by atoms with E-state index >= 15 is 0 Å². The minimum absolute atomic E-state index is 0.311. The van der Waals surface area contributed by atoms with Gasteiger partial charge in [0.15, 0.2) is 0 Å². The van der Waals surface area contributed by atoms with E-state index in [0.29, 0.717) is 28.9 Å². The van der Waals surface area contributed by atoms with Crippen LogP contribution in [0.15, 0.2) is 30.3 Å². The third kappa shape index (κ3) is 4.79. The van der Waals surface area contributed by atoms with Crippen molar-refractivity contribution in [2.24, 2.45) is 0 Å². The highest BCUT2D eigenvalue weighted by molar-refractivity contribution is 6.03. The molecular weight excluding hydrogens is 326 g/mol. The van der Waals surface area contributed by atoms with Crippen molar-refractivity contribution >= 4 is 17.5 Å². The Bertz CT molecular complexity index is 819. The fraction of sp³-hybridized carbons (Fsp3) is 0.400. The van der Waals surface area contributed by atoms with Gasteiger partial charge in [-0.1, -0.05) is 31.7 Å². The normalized spacial score (nSPS) is 14.9. The summed E-state index contributed by atoms with van der Waals surface area (Å²) in [4.78, 5) is 21.4. The zero-order chi connectivity index (χ0) is 18.4.